The van der Waals surface area contributed by atoms with Gasteiger partial charge in [0.15, 0.2) is 5.11 Å². The third kappa shape index (κ3) is 7.12. The average Bonchev–Trinajstić information content (AvgIpc) is 2.52. The van der Waals surface area contributed by atoms with Gasteiger partial charge in [-0.1, -0.05) is 51.8 Å². The van der Waals surface area contributed by atoms with Crippen LogP contribution in [0.25, 0.3) is 0 Å². The first-order valence-corrected chi connectivity index (χ1v) is 10.00. The van der Waals surface area contributed by atoms with Crippen LogP contribution in [0.2, 0.25) is 5.02 Å². The average molecular weight is 430 g/mol. The molecule has 2 aromatic carbocycles. The second kappa shape index (κ2) is 10.2. The molecule has 0 aliphatic rings. The molecule has 0 bridgehead atoms. The molecule has 2 rings (SSSR count). The Kier molecular flexibility index (Phi) is 8.23. The van der Waals surface area contributed by atoms with Crippen molar-refractivity contribution in [2.75, 3.05) is 17.6 Å². The molecule has 2 aromatic rings. The van der Waals surface area contributed by atoms with Crippen LogP contribution in [0.3, 0.4) is 0 Å². The van der Waals surface area contributed by atoms with Crippen molar-refractivity contribution in [2.45, 2.75) is 12.2 Å². The van der Waals surface area contributed by atoms with E-state index in [4.69, 9.17) is 23.8 Å². The lowest BCUT2D eigenvalue weighted by atomic mass is 10.2. The number of rotatable bonds is 7. The second-order valence-electron chi connectivity index (χ2n) is 4.89. The standard InChI is InChI=1S/C17H18BrClN2S2/c18-14-6-3-7-15(11-14)21-17(22)20-9-4-10-23-12-13-5-1-2-8-16(13)19/h1-3,5-8,11H,4,9-10,12H2,(H2,20,21,22). The quantitative estimate of drug-likeness (QED) is 0.434. The van der Waals surface area contributed by atoms with Gasteiger partial charge in [0, 0.05) is 27.5 Å². The van der Waals surface area contributed by atoms with Crippen LogP contribution < -0.4 is 10.6 Å². The zero-order valence-electron chi connectivity index (χ0n) is 12.5. The zero-order valence-corrected chi connectivity index (χ0v) is 16.5. The van der Waals surface area contributed by atoms with Gasteiger partial charge in [0.05, 0.1) is 0 Å². The summed E-state index contributed by atoms with van der Waals surface area (Å²) in [4.78, 5) is 0. The molecule has 6 heteroatoms. The molecule has 122 valence electrons. The number of halogens is 2. The normalized spacial score (nSPS) is 10.3. The van der Waals surface area contributed by atoms with Gasteiger partial charge >= 0.3 is 0 Å². The van der Waals surface area contributed by atoms with E-state index in [-0.39, 0.29) is 0 Å². The van der Waals surface area contributed by atoms with Crippen LogP contribution in [-0.2, 0) is 5.75 Å². The van der Waals surface area contributed by atoms with Crippen molar-refractivity contribution >= 4 is 62.3 Å². The van der Waals surface area contributed by atoms with E-state index >= 15 is 0 Å². The Balaban J connectivity index is 1.58. The van der Waals surface area contributed by atoms with Gasteiger partial charge in [0.2, 0.25) is 0 Å². The highest BCUT2D eigenvalue weighted by molar-refractivity contribution is 9.10. The Morgan fingerprint density at radius 1 is 1.17 bits per heavy atom. The Morgan fingerprint density at radius 2 is 2.00 bits per heavy atom. The lowest BCUT2D eigenvalue weighted by molar-refractivity contribution is 0.854. The molecule has 2 N–H and O–H groups in total. The number of thioether (sulfide) groups is 1. The van der Waals surface area contributed by atoms with E-state index in [0.29, 0.717) is 5.11 Å². The number of anilines is 1. The third-order valence-electron chi connectivity index (χ3n) is 3.05. The highest BCUT2D eigenvalue weighted by Crippen LogP contribution is 2.21. The van der Waals surface area contributed by atoms with Crippen LogP contribution in [0.5, 0.6) is 0 Å². The first-order chi connectivity index (χ1) is 11.1. The highest BCUT2D eigenvalue weighted by Gasteiger charge is 2.00. The van der Waals surface area contributed by atoms with E-state index in [9.17, 15) is 0 Å². The summed E-state index contributed by atoms with van der Waals surface area (Å²) in [6, 6.07) is 15.9. The van der Waals surface area contributed by atoms with Crippen molar-refractivity contribution in [3.8, 4) is 0 Å². The van der Waals surface area contributed by atoms with Gasteiger partial charge in [0.25, 0.3) is 0 Å². The van der Waals surface area contributed by atoms with Crippen molar-refractivity contribution in [1.29, 1.82) is 0 Å². The van der Waals surface area contributed by atoms with Gasteiger partial charge in [-0.15, -0.1) is 0 Å². The van der Waals surface area contributed by atoms with E-state index in [0.717, 1.165) is 39.7 Å². The maximum Gasteiger partial charge on any atom is 0.170 e. The molecule has 0 unspecified atom stereocenters. The molecule has 0 aromatic heterocycles. The number of nitrogens with one attached hydrogen (secondary N) is 2. The molecule has 0 spiro atoms. The van der Waals surface area contributed by atoms with Gasteiger partial charge in [-0.3, -0.25) is 0 Å². The summed E-state index contributed by atoms with van der Waals surface area (Å²) < 4.78 is 1.03. The predicted octanol–water partition coefficient (Wildman–Crippen LogP) is 5.71. The maximum atomic E-state index is 6.14. The largest absolute Gasteiger partial charge is 0.362 e. The number of hydrogen-bond donors (Lipinski definition) is 2. The minimum Gasteiger partial charge on any atom is -0.362 e. The van der Waals surface area contributed by atoms with Crippen molar-refractivity contribution in [2.24, 2.45) is 0 Å². The molecule has 0 fully saturated rings. The van der Waals surface area contributed by atoms with Gasteiger partial charge in [-0.2, -0.15) is 11.8 Å². The molecular weight excluding hydrogens is 412 g/mol. The van der Waals surface area contributed by atoms with Crippen LogP contribution in [0.1, 0.15) is 12.0 Å². The van der Waals surface area contributed by atoms with E-state index in [1.54, 1.807) is 0 Å². The summed E-state index contributed by atoms with van der Waals surface area (Å²) in [5.41, 5.74) is 2.17. The number of hydrogen-bond acceptors (Lipinski definition) is 2. The Hall–Kier alpha value is -0.750. The van der Waals surface area contributed by atoms with E-state index in [2.05, 4.69) is 32.6 Å². The minimum absolute atomic E-state index is 0.652. The lowest BCUT2D eigenvalue weighted by Crippen LogP contribution is -2.29. The first-order valence-electron chi connectivity index (χ1n) is 7.27. The SMILES string of the molecule is S=C(NCCCSCc1ccccc1Cl)Nc1cccc(Br)c1. The Morgan fingerprint density at radius 3 is 2.78 bits per heavy atom. The molecule has 0 atom stereocenters. The maximum absolute atomic E-state index is 6.14. The van der Waals surface area contributed by atoms with Crippen LogP contribution in [0.4, 0.5) is 5.69 Å². The zero-order chi connectivity index (χ0) is 16.5. The fourth-order valence-electron chi connectivity index (χ4n) is 1.92. The number of thiocarbonyl (C=S) groups is 1. The van der Waals surface area contributed by atoms with Crippen molar-refractivity contribution < 1.29 is 0 Å². The van der Waals surface area contributed by atoms with Gasteiger partial charge < -0.3 is 10.6 Å². The molecule has 0 aliphatic heterocycles. The molecule has 0 amide bonds. The molecule has 2 nitrogen and oxygen atoms in total. The molecule has 0 saturated heterocycles. The van der Waals surface area contributed by atoms with Crippen LogP contribution in [0.15, 0.2) is 53.0 Å². The summed E-state index contributed by atoms with van der Waals surface area (Å²) in [7, 11) is 0. The topological polar surface area (TPSA) is 24.1 Å². The number of benzene rings is 2. The summed E-state index contributed by atoms with van der Waals surface area (Å²) in [5.74, 6) is 2.01. The van der Waals surface area contributed by atoms with E-state index in [1.165, 1.54) is 5.56 Å². The highest BCUT2D eigenvalue weighted by atomic mass is 79.9. The Bertz CT molecular complexity index is 652. The van der Waals surface area contributed by atoms with Gasteiger partial charge in [-0.05, 0) is 54.2 Å². The Labute approximate surface area is 160 Å². The van der Waals surface area contributed by atoms with E-state index in [1.807, 2.05) is 54.2 Å². The van der Waals surface area contributed by atoms with Crippen molar-refractivity contribution in [3.05, 3.63) is 63.6 Å². The molecule has 0 aliphatic carbocycles. The van der Waals surface area contributed by atoms with Gasteiger partial charge in [-0.25, -0.2) is 0 Å². The van der Waals surface area contributed by atoms with E-state index < -0.39 is 0 Å². The summed E-state index contributed by atoms with van der Waals surface area (Å²) in [5, 5.41) is 7.90. The smallest absolute Gasteiger partial charge is 0.170 e. The van der Waals surface area contributed by atoms with Crippen LogP contribution in [-0.4, -0.2) is 17.4 Å². The minimum atomic E-state index is 0.652. The second-order valence-corrected chi connectivity index (χ2v) is 7.73. The van der Waals surface area contributed by atoms with Crippen molar-refractivity contribution in [3.63, 3.8) is 0 Å². The molecule has 23 heavy (non-hydrogen) atoms. The van der Waals surface area contributed by atoms with Crippen molar-refractivity contribution in [1.82, 2.24) is 5.32 Å². The summed E-state index contributed by atoms with van der Waals surface area (Å²) in [6.07, 6.45) is 1.05. The summed E-state index contributed by atoms with van der Waals surface area (Å²) >= 11 is 16.8. The fraction of sp³-hybridized carbons (Fsp3) is 0.235. The molecule has 0 radical (unpaired) electrons. The monoisotopic (exact) mass is 428 g/mol. The van der Waals surface area contributed by atoms with Crippen LogP contribution >= 0.6 is 51.5 Å². The lowest BCUT2D eigenvalue weighted by Gasteiger charge is -2.10. The molecule has 0 heterocycles. The third-order valence-corrected chi connectivity index (χ3v) is 5.25. The summed E-state index contributed by atoms with van der Waals surface area (Å²) in [6.45, 7) is 0.857. The fourth-order valence-corrected chi connectivity index (χ4v) is 3.78. The molecular formula is C17H18BrClN2S2. The van der Waals surface area contributed by atoms with Gasteiger partial charge in [0.1, 0.15) is 0 Å². The van der Waals surface area contributed by atoms with Crippen LogP contribution in [0, 0.1) is 0 Å². The predicted molar refractivity (Wildman–Crippen MR) is 111 cm³/mol. The molecule has 0 saturated carbocycles. The first kappa shape index (κ1) is 18.6.